The number of halogens is 2. The minimum absolute atomic E-state index is 0.586. The second-order valence-electron chi connectivity index (χ2n) is 4.66. The van der Waals surface area contributed by atoms with Crippen LogP contribution in [0.4, 0.5) is 0 Å². The van der Waals surface area contributed by atoms with Gasteiger partial charge in [0.1, 0.15) is 0 Å². The van der Waals surface area contributed by atoms with E-state index in [1.165, 1.54) is 0 Å². The summed E-state index contributed by atoms with van der Waals surface area (Å²) in [4.78, 5) is 10.9. The van der Waals surface area contributed by atoms with Crippen LogP contribution in [0.5, 0.6) is 0 Å². The third-order valence-corrected chi connectivity index (χ3v) is 4.47. The number of nitrogens with one attached hydrogen (secondary N) is 1. The molecule has 0 fully saturated rings. The molecule has 0 rings (SSSR count). The van der Waals surface area contributed by atoms with Crippen molar-refractivity contribution in [3.63, 3.8) is 0 Å². The van der Waals surface area contributed by atoms with Gasteiger partial charge in [-0.05, 0) is 0 Å². The molecular formula is C9H20Cl2N2O2Pt+. The van der Waals surface area contributed by atoms with Crippen LogP contribution in [-0.4, -0.2) is 49.3 Å². The molecule has 0 aromatic heterocycles. The Hall–Kier alpha value is 0.658. The summed E-state index contributed by atoms with van der Waals surface area (Å²) < 4.78 is 3.66. The van der Waals surface area contributed by atoms with Crippen LogP contribution in [0.15, 0.2) is 0 Å². The normalized spacial score (nSPS) is 14.7. The second kappa shape index (κ2) is 7.88. The molecule has 0 aromatic rings. The second-order valence-corrected chi connectivity index (χ2v) is 11.4. The van der Waals surface area contributed by atoms with Gasteiger partial charge < -0.3 is 0 Å². The summed E-state index contributed by atoms with van der Waals surface area (Å²) in [6.07, 6.45) is 2.47. The molecule has 16 heavy (non-hydrogen) atoms. The first-order valence-corrected chi connectivity index (χ1v) is 11.7. The van der Waals surface area contributed by atoms with Crippen LogP contribution in [0.25, 0.3) is 0 Å². The van der Waals surface area contributed by atoms with Gasteiger partial charge in [0.15, 0.2) is 0 Å². The summed E-state index contributed by atoms with van der Waals surface area (Å²) in [6, 6.07) is -0.590. The van der Waals surface area contributed by atoms with E-state index in [9.17, 15) is 4.79 Å². The van der Waals surface area contributed by atoms with Crippen LogP contribution in [0.1, 0.15) is 19.3 Å². The summed E-state index contributed by atoms with van der Waals surface area (Å²) in [5.74, 6) is -0.867. The average Bonchev–Trinajstić information content (AvgIpc) is 2.07. The molecule has 0 aliphatic heterocycles. The first-order valence-electron chi connectivity index (χ1n) is 4.97. The topological polar surface area (TPSA) is 49.3 Å². The molecule has 0 radical (unpaired) electrons. The van der Waals surface area contributed by atoms with Gasteiger partial charge in [-0.15, -0.1) is 0 Å². The van der Waals surface area contributed by atoms with Crippen molar-refractivity contribution in [2.75, 3.05) is 27.7 Å². The van der Waals surface area contributed by atoms with Gasteiger partial charge in [0.05, 0.1) is 0 Å². The predicted octanol–water partition coefficient (Wildman–Crippen LogP) is 1.75. The molecule has 1 atom stereocenters. The van der Waals surface area contributed by atoms with Gasteiger partial charge >= 0.3 is 112 Å². The number of carboxylic acids is 1. The van der Waals surface area contributed by atoms with Crippen LogP contribution < -0.4 is 3.88 Å². The minimum atomic E-state index is -2.22. The zero-order valence-corrected chi connectivity index (χ0v) is 13.6. The fraction of sp³-hybridized carbons (Fsp3) is 0.889. The van der Waals surface area contributed by atoms with Gasteiger partial charge in [-0.2, -0.15) is 0 Å². The maximum absolute atomic E-state index is 10.9. The van der Waals surface area contributed by atoms with E-state index in [-0.39, 0.29) is 0 Å². The fourth-order valence-corrected chi connectivity index (χ4v) is 3.80. The molecule has 0 saturated carbocycles. The van der Waals surface area contributed by atoms with Crippen molar-refractivity contribution in [3.05, 3.63) is 0 Å². The van der Waals surface area contributed by atoms with E-state index in [0.717, 1.165) is 23.9 Å². The van der Waals surface area contributed by atoms with Crippen molar-refractivity contribution in [3.8, 4) is 0 Å². The number of hydrogen-bond donors (Lipinski definition) is 2. The molecule has 7 heteroatoms. The van der Waals surface area contributed by atoms with Crippen molar-refractivity contribution in [2.24, 2.45) is 0 Å². The van der Waals surface area contributed by atoms with Crippen LogP contribution in [0, 0.1) is 0 Å². The molecule has 0 aromatic carbocycles. The van der Waals surface area contributed by atoms with Crippen LogP contribution in [0.2, 0.25) is 0 Å². The Morgan fingerprint density at radius 1 is 1.38 bits per heavy atom. The average molecular weight is 454 g/mol. The van der Waals surface area contributed by atoms with Gasteiger partial charge in [0.25, 0.3) is 0 Å². The van der Waals surface area contributed by atoms with Crippen molar-refractivity contribution < 1.29 is 29.9 Å². The van der Waals surface area contributed by atoms with Crippen LogP contribution in [0.3, 0.4) is 0 Å². The van der Waals surface area contributed by atoms with E-state index >= 15 is 0 Å². The third-order valence-electron chi connectivity index (χ3n) is 2.05. The number of hydrogen-bond acceptors (Lipinski definition) is 2. The Balaban J connectivity index is 3.82. The Kier molecular flexibility index (Phi) is 8.21. The van der Waals surface area contributed by atoms with E-state index in [1.54, 1.807) is 0 Å². The number of unbranched alkanes of at least 4 members (excludes halogenated alkanes) is 1. The summed E-state index contributed by atoms with van der Waals surface area (Å²) in [7, 11) is 17.7. The molecule has 101 valence electrons. The molecule has 0 spiro atoms. The van der Waals surface area contributed by atoms with E-state index in [4.69, 9.17) is 23.9 Å². The van der Waals surface area contributed by atoms with Crippen molar-refractivity contribution in [1.29, 1.82) is 0 Å². The monoisotopic (exact) mass is 453 g/mol. The number of quaternary nitrogens is 1. The van der Waals surface area contributed by atoms with Crippen LogP contribution >= 0.6 is 18.8 Å². The van der Waals surface area contributed by atoms with E-state index in [2.05, 4.69) is 25.0 Å². The third kappa shape index (κ3) is 9.85. The fourth-order valence-electron chi connectivity index (χ4n) is 1.23. The van der Waals surface area contributed by atoms with Gasteiger partial charge in [0, 0.05) is 0 Å². The molecule has 0 amide bonds. The Labute approximate surface area is 111 Å². The van der Waals surface area contributed by atoms with Gasteiger partial charge in [-0.25, -0.2) is 0 Å². The molecular weight excluding hydrogens is 434 g/mol. The van der Waals surface area contributed by atoms with E-state index in [1.807, 2.05) is 0 Å². The first-order chi connectivity index (χ1) is 7.22. The van der Waals surface area contributed by atoms with Crippen molar-refractivity contribution in [1.82, 2.24) is 3.88 Å². The molecule has 0 heterocycles. The molecule has 0 aliphatic rings. The molecule has 0 saturated heterocycles. The number of carbonyl (C=O) groups is 1. The molecule has 0 unspecified atom stereocenters. The standard InChI is InChI=1S/C9H20N2O2.2ClH.Pt/c1-11(2,3)7-5-4-6-8(10)9(12)13;;;/h8,10H,4-7H2,1-3H3,(H,12,13);2*1H;/q;;;+3/p-2/t8-;;;/m0.../s1. The van der Waals surface area contributed by atoms with Crippen LogP contribution in [-0.2, 0) is 20.3 Å². The summed E-state index contributed by atoms with van der Waals surface area (Å²) in [6.45, 7) is 1.04. The van der Waals surface area contributed by atoms with Gasteiger partial charge in [0.2, 0.25) is 0 Å². The first kappa shape index (κ1) is 16.7. The maximum atomic E-state index is 10.9. The molecule has 0 aliphatic carbocycles. The SMILES string of the molecule is C[N+](C)(C)CCCC[C@H]([NH][Pt]([Cl])[Cl])C(=O)O. The number of carboxylic acid groups (broad SMARTS) is 1. The summed E-state index contributed by atoms with van der Waals surface area (Å²) >= 11 is -2.22. The number of nitrogens with zero attached hydrogens (tertiary/aromatic N) is 1. The molecule has 0 bridgehead atoms. The zero-order valence-electron chi connectivity index (χ0n) is 9.78. The van der Waals surface area contributed by atoms with Crippen molar-refractivity contribution in [2.45, 2.75) is 25.3 Å². The van der Waals surface area contributed by atoms with E-state index < -0.39 is 27.5 Å². The van der Waals surface area contributed by atoms with Gasteiger partial charge in [-0.3, -0.25) is 0 Å². The number of rotatable bonds is 8. The Morgan fingerprint density at radius 3 is 2.31 bits per heavy atom. The molecule has 4 nitrogen and oxygen atoms in total. The zero-order chi connectivity index (χ0) is 12.8. The summed E-state index contributed by atoms with van der Waals surface area (Å²) in [5.41, 5.74) is 0. The Bertz CT molecular complexity index is 222. The number of aliphatic carboxylic acids is 1. The Morgan fingerprint density at radius 2 is 1.94 bits per heavy atom. The quantitative estimate of drug-likeness (QED) is 0.434. The van der Waals surface area contributed by atoms with Gasteiger partial charge in [-0.1, -0.05) is 0 Å². The summed E-state index contributed by atoms with van der Waals surface area (Å²) in [5, 5.41) is 8.92. The van der Waals surface area contributed by atoms with E-state index in [0.29, 0.717) is 6.42 Å². The molecule has 2 N–H and O–H groups in total. The predicted molar refractivity (Wildman–Crippen MR) is 63.0 cm³/mol. The van der Waals surface area contributed by atoms with Crippen molar-refractivity contribution >= 4 is 24.8 Å².